The molecular formula is C16H35N3O2. The number of esters is 1. The SMILES string of the molecule is CCCNC(C)(CN(CCC)CCN(C)C)C(=O)OCC. The molecule has 0 aromatic heterocycles. The summed E-state index contributed by atoms with van der Waals surface area (Å²) in [7, 11) is 4.15. The van der Waals surface area contributed by atoms with Gasteiger partial charge in [0.15, 0.2) is 0 Å². The van der Waals surface area contributed by atoms with Crippen LogP contribution >= 0.6 is 0 Å². The van der Waals surface area contributed by atoms with Gasteiger partial charge in [-0.15, -0.1) is 0 Å². The highest BCUT2D eigenvalue weighted by atomic mass is 16.5. The van der Waals surface area contributed by atoms with Gasteiger partial charge < -0.3 is 15.0 Å². The predicted molar refractivity (Wildman–Crippen MR) is 88.6 cm³/mol. The van der Waals surface area contributed by atoms with Crippen LogP contribution in [0.5, 0.6) is 0 Å². The molecule has 0 aliphatic rings. The van der Waals surface area contributed by atoms with E-state index in [2.05, 4.69) is 43.1 Å². The van der Waals surface area contributed by atoms with Crippen molar-refractivity contribution < 1.29 is 9.53 Å². The first kappa shape index (κ1) is 20.3. The van der Waals surface area contributed by atoms with Crippen molar-refractivity contribution in [2.75, 3.05) is 53.4 Å². The molecule has 5 heteroatoms. The number of carbonyl (C=O) groups is 1. The first-order valence-electron chi connectivity index (χ1n) is 8.18. The van der Waals surface area contributed by atoms with Gasteiger partial charge in [0.1, 0.15) is 5.54 Å². The highest BCUT2D eigenvalue weighted by Gasteiger charge is 2.35. The summed E-state index contributed by atoms with van der Waals surface area (Å²) in [5.74, 6) is -0.149. The van der Waals surface area contributed by atoms with Crippen LogP contribution in [0.1, 0.15) is 40.5 Å². The molecule has 0 heterocycles. The molecule has 21 heavy (non-hydrogen) atoms. The Hall–Kier alpha value is -0.650. The van der Waals surface area contributed by atoms with E-state index in [1.165, 1.54) is 0 Å². The second-order valence-corrected chi connectivity index (χ2v) is 6.06. The summed E-state index contributed by atoms with van der Waals surface area (Å²) in [4.78, 5) is 16.8. The molecule has 5 nitrogen and oxygen atoms in total. The number of carbonyl (C=O) groups excluding carboxylic acids is 1. The lowest BCUT2D eigenvalue weighted by atomic mass is 10.0. The molecule has 0 aromatic rings. The van der Waals surface area contributed by atoms with E-state index < -0.39 is 5.54 Å². The van der Waals surface area contributed by atoms with Crippen LogP contribution in [-0.2, 0) is 9.53 Å². The van der Waals surface area contributed by atoms with Crippen molar-refractivity contribution in [3.05, 3.63) is 0 Å². The Balaban J connectivity index is 4.80. The van der Waals surface area contributed by atoms with Crippen molar-refractivity contribution in [2.45, 2.75) is 46.1 Å². The van der Waals surface area contributed by atoms with E-state index in [1.54, 1.807) is 0 Å². The summed E-state index contributed by atoms with van der Waals surface area (Å²) in [6, 6.07) is 0. The minimum Gasteiger partial charge on any atom is -0.465 e. The summed E-state index contributed by atoms with van der Waals surface area (Å²) in [5.41, 5.74) is -0.631. The lowest BCUT2D eigenvalue weighted by Crippen LogP contribution is -2.58. The Morgan fingerprint density at radius 2 is 1.76 bits per heavy atom. The minimum absolute atomic E-state index is 0.149. The van der Waals surface area contributed by atoms with Gasteiger partial charge in [0.2, 0.25) is 0 Å². The van der Waals surface area contributed by atoms with Crippen LogP contribution < -0.4 is 5.32 Å². The Bertz CT molecular complexity index is 285. The van der Waals surface area contributed by atoms with Crippen molar-refractivity contribution in [3.8, 4) is 0 Å². The Morgan fingerprint density at radius 3 is 2.24 bits per heavy atom. The Morgan fingerprint density at radius 1 is 1.10 bits per heavy atom. The highest BCUT2D eigenvalue weighted by Crippen LogP contribution is 2.11. The smallest absolute Gasteiger partial charge is 0.327 e. The van der Waals surface area contributed by atoms with E-state index in [9.17, 15) is 4.79 Å². The molecule has 0 aliphatic heterocycles. The summed E-state index contributed by atoms with van der Waals surface area (Å²) < 4.78 is 5.27. The first-order chi connectivity index (χ1) is 9.89. The van der Waals surface area contributed by atoms with Gasteiger partial charge in [0.25, 0.3) is 0 Å². The molecule has 0 rings (SSSR count). The fraction of sp³-hybridized carbons (Fsp3) is 0.938. The molecule has 0 saturated heterocycles. The van der Waals surface area contributed by atoms with E-state index in [0.717, 1.165) is 39.0 Å². The van der Waals surface area contributed by atoms with E-state index in [-0.39, 0.29) is 5.97 Å². The fourth-order valence-corrected chi connectivity index (χ4v) is 2.26. The monoisotopic (exact) mass is 301 g/mol. The zero-order valence-electron chi connectivity index (χ0n) is 14.9. The Kier molecular flexibility index (Phi) is 10.6. The standard InChI is InChI=1S/C16H35N3O2/c1-7-10-17-16(4,15(20)21-9-3)14-19(11-8-2)13-12-18(5)6/h17H,7-14H2,1-6H3. The average molecular weight is 301 g/mol. The van der Waals surface area contributed by atoms with E-state index >= 15 is 0 Å². The van der Waals surface area contributed by atoms with Crippen molar-refractivity contribution in [1.82, 2.24) is 15.1 Å². The van der Waals surface area contributed by atoms with Crippen LogP contribution in [0.3, 0.4) is 0 Å². The van der Waals surface area contributed by atoms with Crippen LogP contribution in [0.2, 0.25) is 0 Å². The van der Waals surface area contributed by atoms with Crippen LogP contribution in [0.4, 0.5) is 0 Å². The van der Waals surface area contributed by atoms with Gasteiger partial charge in [0, 0.05) is 19.6 Å². The Labute approximate surface area is 131 Å². The maximum absolute atomic E-state index is 12.3. The molecule has 0 amide bonds. The van der Waals surface area contributed by atoms with Gasteiger partial charge in [-0.2, -0.15) is 0 Å². The molecule has 0 aromatic carbocycles. The molecule has 0 radical (unpaired) electrons. The van der Waals surface area contributed by atoms with E-state index in [0.29, 0.717) is 13.2 Å². The van der Waals surface area contributed by atoms with Crippen molar-refractivity contribution in [1.29, 1.82) is 0 Å². The summed E-state index contributed by atoms with van der Waals surface area (Å²) in [6.07, 6.45) is 2.08. The molecule has 0 fully saturated rings. The van der Waals surface area contributed by atoms with E-state index in [4.69, 9.17) is 4.74 Å². The van der Waals surface area contributed by atoms with E-state index in [1.807, 2.05) is 13.8 Å². The summed E-state index contributed by atoms with van der Waals surface area (Å²) in [5, 5.41) is 3.38. The molecule has 0 aliphatic carbocycles. The number of rotatable bonds is 12. The molecule has 0 spiro atoms. The normalized spacial score (nSPS) is 14.5. The third kappa shape index (κ3) is 8.39. The van der Waals surface area contributed by atoms with Crippen LogP contribution in [-0.4, -0.2) is 74.7 Å². The number of nitrogens with zero attached hydrogens (tertiary/aromatic N) is 2. The molecule has 126 valence electrons. The predicted octanol–water partition coefficient (Wildman–Crippen LogP) is 1.58. The molecule has 0 saturated carbocycles. The maximum Gasteiger partial charge on any atom is 0.327 e. The van der Waals surface area contributed by atoms with Crippen molar-refractivity contribution >= 4 is 5.97 Å². The summed E-state index contributed by atoms with van der Waals surface area (Å²) in [6.45, 7) is 13.0. The van der Waals surface area contributed by atoms with Crippen LogP contribution in [0.25, 0.3) is 0 Å². The number of hydrogen-bond acceptors (Lipinski definition) is 5. The second-order valence-electron chi connectivity index (χ2n) is 6.06. The third-order valence-corrected chi connectivity index (χ3v) is 3.43. The average Bonchev–Trinajstić information content (AvgIpc) is 2.43. The van der Waals surface area contributed by atoms with Crippen LogP contribution in [0, 0.1) is 0 Å². The molecular weight excluding hydrogens is 266 g/mol. The van der Waals surface area contributed by atoms with Gasteiger partial charge >= 0.3 is 5.97 Å². The molecule has 1 atom stereocenters. The lowest BCUT2D eigenvalue weighted by molar-refractivity contribution is -0.151. The second kappa shape index (κ2) is 11.0. The minimum atomic E-state index is -0.631. The number of likely N-dealkylation sites (N-methyl/N-ethyl adjacent to an activating group) is 1. The zero-order chi connectivity index (χ0) is 16.3. The van der Waals surface area contributed by atoms with Crippen molar-refractivity contribution in [2.24, 2.45) is 0 Å². The zero-order valence-corrected chi connectivity index (χ0v) is 14.9. The van der Waals surface area contributed by atoms with Crippen molar-refractivity contribution in [3.63, 3.8) is 0 Å². The fourth-order valence-electron chi connectivity index (χ4n) is 2.26. The summed E-state index contributed by atoms with van der Waals surface area (Å²) >= 11 is 0. The van der Waals surface area contributed by atoms with Gasteiger partial charge in [-0.05, 0) is 53.9 Å². The maximum atomic E-state index is 12.3. The quantitative estimate of drug-likeness (QED) is 0.555. The first-order valence-corrected chi connectivity index (χ1v) is 8.18. The number of hydrogen-bond donors (Lipinski definition) is 1. The highest BCUT2D eigenvalue weighted by molar-refractivity contribution is 5.80. The number of ether oxygens (including phenoxy) is 1. The van der Waals surface area contributed by atoms with Gasteiger partial charge in [0.05, 0.1) is 6.61 Å². The molecule has 0 bridgehead atoms. The largest absolute Gasteiger partial charge is 0.465 e. The van der Waals surface area contributed by atoms with Gasteiger partial charge in [-0.3, -0.25) is 9.69 Å². The molecule has 1 N–H and O–H groups in total. The van der Waals surface area contributed by atoms with Crippen LogP contribution in [0.15, 0.2) is 0 Å². The molecule has 1 unspecified atom stereocenters. The topological polar surface area (TPSA) is 44.8 Å². The van der Waals surface area contributed by atoms with Gasteiger partial charge in [-0.25, -0.2) is 0 Å². The number of nitrogens with one attached hydrogen (secondary N) is 1. The van der Waals surface area contributed by atoms with Gasteiger partial charge in [-0.1, -0.05) is 13.8 Å². The lowest BCUT2D eigenvalue weighted by Gasteiger charge is -2.35. The third-order valence-electron chi connectivity index (χ3n) is 3.43.